The maximum absolute atomic E-state index is 11.4. The molecule has 0 bridgehead atoms. The highest BCUT2D eigenvalue weighted by atomic mass is 16.5. The number of pyridine rings is 1. The van der Waals surface area contributed by atoms with Gasteiger partial charge in [-0.05, 0) is 18.6 Å². The van der Waals surface area contributed by atoms with Crippen LogP contribution in [0.2, 0.25) is 0 Å². The van der Waals surface area contributed by atoms with E-state index < -0.39 is 0 Å². The van der Waals surface area contributed by atoms with E-state index in [4.69, 9.17) is 5.21 Å². The Hall–Kier alpha value is -1.75. The molecular weight excluding hydrogens is 182 g/mol. The second-order valence-electron chi connectivity index (χ2n) is 2.62. The van der Waals surface area contributed by atoms with Gasteiger partial charge < -0.3 is 0 Å². The zero-order valence-corrected chi connectivity index (χ0v) is 7.55. The minimum atomic E-state index is 0.0162. The Kier molecular flexibility index (Phi) is 4.30. The van der Waals surface area contributed by atoms with Crippen LogP contribution in [-0.2, 0) is 0 Å². The van der Waals surface area contributed by atoms with E-state index in [0.717, 1.165) is 0 Å². The van der Waals surface area contributed by atoms with Crippen molar-refractivity contribution in [1.29, 1.82) is 0 Å². The highest BCUT2D eigenvalue weighted by Gasteiger charge is 2.03. The lowest BCUT2D eigenvalue weighted by Gasteiger charge is -1.96. The van der Waals surface area contributed by atoms with Crippen molar-refractivity contribution < 1.29 is 10.0 Å². The molecule has 0 aliphatic rings. The van der Waals surface area contributed by atoms with E-state index in [1.807, 2.05) is 0 Å². The number of carbonyl (C=O) groups excluding carboxylic acids is 1. The van der Waals surface area contributed by atoms with E-state index in [9.17, 15) is 4.79 Å². The van der Waals surface area contributed by atoms with Gasteiger partial charge in [0.15, 0.2) is 5.78 Å². The maximum atomic E-state index is 11.4. The van der Waals surface area contributed by atoms with E-state index in [0.29, 0.717) is 18.4 Å². The van der Waals surface area contributed by atoms with Crippen molar-refractivity contribution in [3.8, 4) is 0 Å². The lowest BCUT2D eigenvalue weighted by molar-refractivity contribution is 0.0984. The van der Waals surface area contributed by atoms with Crippen LogP contribution in [0.15, 0.2) is 29.6 Å². The number of hydrogen-bond acceptors (Lipinski definition) is 5. The van der Waals surface area contributed by atoms with Crippen LogP contribution in [0, 0.1) is 0 Å². The van der Waals surface area contributed by atoms with Gasteiger partial charge in [0.1, 0.15) is 0 Å². The molecule has 5 nitrogen and oxygen atoms in total. The normalized spacial score (nSPS) is 10.4. The molecule has 0 atom stereocenters. The van der Waals surface area contributed by atoms with Gasteiger partial charge in [0.25, 0.3) is 0 Å². The summed E-state index contributed by atoms with van der Waals surface area (Å²) in [7, 11) is 0. The average Bonchev–Trinajstić information content (AvgIpc) is 2.25. The largest absolute Gasteiger partial charge is 0.294 e. The number of ketones is 1. The number of Topliss-reactive ketones (excluding diaryl/α,β-unsaturated/α-hetero) is 1. The van der Waals surface area contributed by atoms with Gasteiger partial charge in [0.2, 0.25) is 0 Å². The van der Waals surface area contributed by atoms with Crippen molar-refractivity contribution in [2.45, 2.75) is 12.8 Å². The molecule has 0 amide bonds. The summed E-state index contributed by atoms with van der Waals surface area (Å²) in [5.74, 6) is 0.0162. The summed E-state index contributed by atoms with van der Waals surface area (Å²) in [4.78, 5) is 15.3. The van der Waals surface area contributed by atoms with E-state index in [1.54, 1.807) is 23.9 Å². The molecule has 0 aliphatic heterocycles. The number of rotatable bonds is 5. The lowest BCUT2D eigenvalue weighted by atomic mass is 10.1. The van der Waals surface area contributed by atoms with Crippen LogP contribution >= 0.6 is 0 Å². The smallest absolute Gasteiger partial charge is 0.164 e. The summed E-state index contributed by atoms with van der Waals surface area (Å²) in [6.07, 6.45) is 5.43. The molecule has 0 saturated carbocycles. The highest BCUT2D eigenvalue weighted by Crippen LogP contribution is 2.01. The third-order valence-electron chi connectivity index (χ3n) is 1.63. The fraction of sp³-hybridized carbons (Fsp3) is 0.222. The number of nitrogens with one attached hydrogen (secondary N) is 1. The first-order chi connectivity index (χ1) is 6.84. The average molecular weight is 193 g/mol. The van der Waals surface area contributed by atoms with Crippen LogP contribution in [0.4, 0.5) is 0 Å². The summed E-state index contributed by atoms with van der Waals surface area (Å²) < 4.78 is 0. The molecule has 0 spiro atoms. The third kappa shape index (κ3) is 3.32. The summed E-state index contributed by atoms with van der Waals surface area (Å²) in [5, 5.41) is 11.5. The highest BCUT2D eigenvalue weighted by molar-refractivity contribution is 5.96. The van der Waals surface area contributed by atoms with Gasteiger partial charge >= 0.3 is 0 Å². The van der Waals surface area contributed by atoms with E-state index >= 15 is 0 Å². The molecule has 14 heavy (non-hydrogen) atoms. The van der Waals surface area contributed by atoms with Gasteiger partial charge in [-0.25, -0.2) is 0 Å². The van der Waals surface area contributed by atoms with Gasteiger partial charge in [0, 0.05) is 30.6 Å². The monoisotopic (exact) mass is 193 g/mol. The van der Waals surface area contributed by atoms with Crippen LogP contribution in [0.25, 0.3) is 0 Å². The second kappa shape index (κ2) is 5.82. The molecule has 1 heterocycles. The Balaban J connectivity index is 2.40. The fourth-order valence-corrected chi connectivity index (χ4v) is 0.973. The molecule has 0 radical (unpaired) electrons. The Morgan fingerprint density at radius 3 is 3.21 bits per heavy atom. The van der Waals surface area contributed by atoms with Crippen molar-refractivity contribution >= 4 is 12.0 Å². The van der Waals surface area contributed by atoms with Crippen molar-refractivity contribution in [2.75, 3.05) is 0 Å². The Labute approximate surface area is 81.4 Å². The van der Waals surface area contributed by atoms with Gasteiger partial charge in [0.05, 0.1) is 0 Å². The zero-order valence-electron chi connectivity index (χ0n) is 7.55. The molecule has 74 valence electrons. The SMILES string of the molecule is O=C(CCC=NNO)c1cccnc1. The van der Waals surface area contributed by atoms with E-state index in [1.165, 1.54) is 12.4 Å². The molecule has 0 fully saturated rings. The minimum Gasteiger partial charge on any atom is -0.294 e. The van der Waals surface area contributed by atoms with Crippen LogP contribution in [0.5, 0.6) is 0 Å². The standard InChI is InChI=1S/C9H11N3O2/c13-9(4-2-6-11-12-14)8-3-1-5-10-7-8/h1,3,5-7,12,14H,2,4H2. The molecule has 0 aliphatic carbocycles. The number of nitrogens with zero attached hydrogens (tertiary/aromatic N) is 2. The Morgan fingerprint density at radius 1 is 1.71 bits per heavy atom. The third-order valence-corrected chi connectivity index (χ3v) is 1.63. The predicted molar refractivity (Wildman–Crippen MR) is 51.2 cm³/mol. The molecule has 5 heteroatoms. The van der Waals surface area contributed by atoms with Gasteiger partial charge in [-0.3, -0.25) is 15.0 Å². The van der Waals surface area contributed by atoms with Gasteiger partial charge in [-0.15, -0.1) is 0 Å². The van der Waals surface area contributed by atoms with Crippen LogP contribution in [0.3, 0.4) is 0 Å². The lowest BCUT2D eigenvalue weighted by Crippen LogP contribution is -2.01. The van der Waals surface area contributed by atoms with E-state index in [2.05, 4.69) is 10.1 Å². The van der Waals surface area contributed by atoms with Gasteiger partial charge in [-0.2, -0.15) is 10.7 Å². The first-order valence-corrected chi connectivity index (χ1v) is 4.18. The molecule has 1 rings (SSSR count). The number of hydrogen-bond donors (Lipinski definition) is 2. The topological polar surface area (TPSA) is 74.6 Å². The summed E-state index contributed by atoms with van der Waals surface area (Å²) in [6.45, 7) is 0. The van der Waals surface area contributed by atoms with Gasteiger partial charge in [-0.1, -0.05) is 0 Å². The Morgan fingerprint density at radius 2 is 2.57 bits per heavy atom. The van der Waals surface area contributed by atoms with Crippen LogP contribution in [0.1, 0.15) is 23.2 Å². The fourth-order valence-electron chi connectivity index (χ4n) is 0.973. The quantitative estimate of drug-likeness (QED) is 0.415. The number of aromatic nitrogens is 1. The van der Waals surface area contributed by atoms with E-state index in [-0.39, 0.29) is 5.78 Å². The molecule has 1 aromatic rings. The minimum absolute atomic E-state index is 0.0162. The van der Waals surface area contributed by atoms with Crippen LogP contribution in [-0.4, -0.2) is 22.2 Å². The molecule has 0 saturated heterocycles. The van der Waals surface area contributed by atoms with Crippen LogP contribution < -0.4 is 5.59 Å². The maximum Gasteiger partial charge on any atom is 0.164 e. The molecule has 0 unspecified atom stereocenters. The molecule has 1 aromatic heterocycles. The molecule has 2 N–H and O–H groups in total. The van der Waals surface area contributed by atoms with Crippen molar-refractivity contribution in [1.82, 2.24) is 10.6 Å². The first-order valence-electron chi connectivity index (χ1n) is 4.18. The molecular formula is C9H11N3O2. The molecule has 0 aromatic carbocycles. The first kappa shape index (κ1) is 10.3. The van der Waals surface area contributed by atoms with Crippen molar-refractivity contribution in [3.63, 3.8) is 0 Å². The zero-order chi connectivity index (χ0) is 10.2. The number of carbonyl (C=O) groups is 1. The van der Waals surface area contributed by atoms with Crippen molar-refractivity contribution in [2.24, 2.45) is 5.10 Å². The summed E-state index contributed by atoms with van der Waals surface area (Å²) in [5.41, 5.74) is 2.22. The Bertz CT molecular complexity index is 311. The summed E-state index contributed by atoms with van der Waals surface area (Å²) in [6, 6.07) is 3.44. The summed E-state index contributed by atoms with van der Waals surface area (Å²) >= 11 is 0. The second-order valence-corrected chi connectivity index (χ2v) is 2.62. The number of hydrazone groups is 1. The van der Waals surface area contributed by atoms with Crippen molar-refractivity contribution in [3.05, 3.63) is 30.1 Å². The predicted octanol–water partition coefficient (Wildman–Crippen LogP) is 1.01.